The zero-order chi connectivity index (χ0) is 11.2. The standard InChI is InChI=1S/C12H13N3O/c1-12(16)6-15(7-12)11-9-4-2-3-5-10(9)13-8-14-11/h2-5,8,16H,6-7H2,1H3. The molecule has 2 aromatic rings. The maximum Gasteiger partial charge on any atom is 0.140 e. The number of aromatic nitrogens is 2. The van der Waals surface area contributed by atoms with Gasteiger partial charge < -0.3 is 10.0 Å². The molecule has 1 aromatic carbocycles. The molecule has 1 aliphatic heterocycles. The van der Waals surface area contributed by atoms with Crippen LogP contribution in [0, 0.1) is 0 Å². The van der Waals surface area contributed by atoms with Gasteiger partial charge >= 0.3 is 0 Å². The molecule has 0 radical (unpaired) electrons. The Morgan fingerprint density at radius 2 is 2.00 bits per heavy atom. The van der Waals surface area contributed by atoms with E-state index in [4.69, 9.17) is 0 Å². The highest BCUT2D eigenvalue weighted by atomic mass is 16.3. The second-order valence-electron chi connectivity index (χ2n) is 4.57. The molecule has 4 heteroatoms. The van der Waals surface area contributed by atoms with Crippen LogP contribution in [0.1, 0.15) is 6.92 Å². The third-order valence-electron chi connectivity index (χ3n) is 2.88. The Labute approximate surface area is 93.6 Å². The molecular formula is C12H13N3O. The summed E-state index contributed by atoms with van der Waals surface area (Å²) in [5, 5.41) is 10.8. The number of nitrogens with zero attached hydrogens (tertiary/aromatic N) is 3. The van der Waals surface area contributed by atoms with Crippen LogP contribution in [-0.2, 0) is 0 Å². The van der Waals surface area contributed by atoms with Crippen molar-refractivity contribution >= 4 is 16.7 Å². The van der Waals surface area contributed by atoms with Crippen molar-refractivity contribution in [2.24, 2.45) is 0 Å². The summed E-state index contributed by atoms with van der Waals surface area (Å²) in [6, 6.07) is 7.93. The molecule has 0 aliphatic carbocycles. The molecule has 0 amide bonds. The van der Waals surface area contributed by atoms with Crippen molar-refractivity contribution in [3.8, 4) is 0 Å². The van der Waals surface area contributed by atoms with E-state index in [0.717, 1.165) is 16.7 Å². The van der Waals surface area contributed by atoms with Gasteiger partial charge in [-0.25, -0.2) is 9.97 Å². The molecule has 1 aliphatic rings. The van der Waals surface area contributed by atoms with Gasteiger partial charge in [-0.1, -0.05) is 12.1 Å². The second kappa shape index (κ2) is 3.15. The fraction of sp³-hybridized carbons (Fsp3) is 0.333. The number of para-hydroxylation sites is 1. The molecule has 1 fully saturated rings. The zero-order valence-corrected chi connectivity index (χ0v) is 9.09. The van der Waals surface area contributed by atoms with Crippen LogP contribution in [0.15, 0.2) is 30.6 Å². The summed E-state index contributed by atoms with van der Waals surface area (Å²) in [7, 11) is 0. The van der Waals surface area contributed by atoms with E-state index < -0.39 is 5.60 Å². The monoisotopic (exact) mass is 215 g/mol. The van der Waals surface area contributed by atoms with Gasteiger partial charge in [-0.15, -0.1) is 0 Å². The quantitative estimate of drug-likeness (QED) is 0.776. The molecule has 0 saturated carbocycles. The summed E-state index contributed by atoms with van der Waals surface area (Å²) in [4.78, 5) is 10.6. The van der Waals surface area contributed by atoms with Gasteiger partial charge in [0.2, 0.25) is 0 Å². The van der Waals surface area contributed by atoms with Crippen LogP contribution in [0.4, 0.5) is 5.82 Å². The van der Waals surface area contributed by atoms with Crippen molar-refractivity contribution in [1.82, 2.24) is 9.97 Å². The van der Waals surface area contributed by atoms with Crippen LogP contribution in [-0.4, -0.2) is 33.8 Å². The number of anilines is 1. The summed E-state index contributed by atoms with van der Waals surface area (Å²) in [6.07, 6.45) is 1.57. The minimum absolute atomic E-state index is 0.577. The molecule has 4 nitrogen and oxygen atoms in total. The molecule has 0 unspecified atom stereocenters. The summed E-state index contributed by atoms with van der Waals surface area (Å²) >= 11 is 0. The highest BCUT2D eigenvalue weighted by Gasteiger charge is 2.37. The lowest BCUT2D eigenvalue weighted by Gasteiger charge is -2.45. The van der Waals surface area contributed by atoms with Gasteiger partial charge in [0.25, 0.3) is 0 Å². The molecule has 0 spiro atoms. The molecule has 82 valence electrons. The molecule has 0 bridgehead atoms. The number of benzene rings is 1. The van der Waals surface area contributed by atoms with Crippen molar-refractivity contribution in [2.45, 2.75) is 12.5 Å². The first-order valence-electron chi connectivity index (χ1n) is 5.33. The van der Waals surface area contributed by atoms with Crippen LogP contribution in [0.5, 0.6) is 0 Å². The van der Waals surface area contributed by atoms with E-state index in [9.17, 15) is 5.11 Å². The molecule has 1 saturated heterocycles. The summed E-state index contributed by atoms with van der Waals surface area (Å²) in [6.45, 7) is 3.11. The predicted octanol–water partition coefficient (Wildman–Crippen LogP) is 1.20. The molecule has 0 atom stereocenters. The third-order valence-corrected chi connectivity index (χ3v) is 2.88. The molecule has 2 heterocycles. The highest BCUT2D eigenvalue weighted by Crippen LogP contribution is 2.30. The fourth-order valence-corrected chi connectivity index (χ4v) is 2.17. The van der Waals surface area contributed by atoms with Crippen LogP contribution in [0.25, 0.3) is 10.9 Å². The van der Waals surface area contributed by atoms with E-state index in [1.807, 2.05) is 31.2 Å². The first-order chi connectivity index (χ1) is 7.66. The highest BCUT2D eigenvalue weighted by molar-refractivity contribution is 5.89. The number of hydrogen-bond donors (Lipinski definition) is 1. The summed E-state index contributed by atoms with van der Waals surface area (Å²) in [5.74, 6) is 0.914. The van der Waals surface area contributed by atoms with Gasteiger partial charge in [0.1, 0.15) is 12.1 Å². The van der Waals surface area contributed by atoms with Crippen molar-refractivity contribution < 1.29 is 5.11 Å². The molecule has 16 heavy (non-hydrogen) atoms. The normalized spacial score (nSPS) is 18.5. The second-order valence-corrected chi connectivity index (χ2v) is 4.57. The minimum Gasteiger partial charge on any atom is -0.386 e. The van der Waals surface area contributed by atoms with E-state index in [-0.39, 0.29) is 0 Å². The SMILES string of the molecule is CC1(O)CN(c2ncnc3ccccc23)C1. The lowest BCUT2D eigenvalue weighted by Crippen LogP contribution is -2.60. The van der Waals surface area contributed by atoms with Gasteiger partial charge in [0.05, 0.1) is 11.1 Å². The van der Waals surface area contributed by atoms with Crippen LogP contribution in [0.3, 0.4) is 0 Å². The Bertz CT molecular complexity index is 525. The van der Waals surface area contributed by atoms with Gasteiger partial charge in [0, 0.05) is 18.5 Å². The van der Waals surface area contributed by atoms with E-state index in [1.165, 1.54) is 0 Å². The average Bonchev–Trinajstić information content (AvgIpc) is 2.25. The maximum atomic E-state index is 9.73. The average molecular weight is 215 g/mol. The lowest BCUT2D eigenvalue weighted by molar-refractivity contribution is 0.0307. The first-order valence-corrected chi connectivity index (χ1v) is 5.33. The Hall–Kier alpha value is -1.68. The summed E-state index contributed by atoms with van der Waals surface area (Å²) in [5.41, 5.74) is 0.366. The van der Waals surface area contributed by atoms with Gasteiger partial charge in [-0.2, -0.15) is 0 Å². The van der Waals surface area contributed by atoms with E-state index in [2.05, 4.69) is 14.9 Å². The van der Waals surface area contributed by atoms with E-state index >= 15 is 0 Å². The van der Waals surface area contributed by atoms with Gasteiger partial charge in [0.15, 0.2) is 0 Å². The number of aliphatic hydroxyl groups is 1. The maximum absolute atomic E-state index is 9.73. The summed E-state index contributed by atoms with van der Waals surface area (Å²) < 4.78 is 0. The lowest BCUT2D eigenvalue weighted by atomic mass is 9.96. The zero-order valence-electron chi connectivity index (χ0n) is 9.09. The number of hydrogen-bond acceptors (Lipinski definition) is 4. The number of rotatable bonds is 1. The third kappa shape index (κ3) is 1.42. The Morgan fingerprint density at radius 1 is 1.25 bits per heavy atom. The smallest absolute Gasteiger partial charge is 0.140 e. The fourth-order valence-electron chi connectivity index (χ4n) is 2.17. The van der Waals surface area contributed by atoms with Crippen LogP contribution in [0.2, 0.25) is 0 Å². The molecule has 3 rings (SSSR count). The largest absolute Gasteiger partial charge is 0.386 e. The van der Waals surface area contributed by atoms with Gasteiger partial charge in [-0.3, -0.25) is 0 Å². The van der Waals surface area contributed by atoms with Crippen molar-refractivity contribution in [1.29, 1.82) is 0 Å². The number of fused-ring (bicyclic) bond motifs is 1. The Kier molecular flexibility index (Phi) is 1.88. The van der Waals surface area contributed by atoms with Gasteiger partial charge in [-0.05, 0) is 19.1 Å². The predicted molar refractivity (Wildman–Crippen MR) is 62.4 cm³/mol. The molecule has 1 N–H and O–H groups in total. The first kappa shape index (κ1) is 9.54. The Balaban J connectivity index is 2.05. The van der Waals surface area contributed by atoms with Crippen molar-refractivity contribution in [3.05, 3.63) is 30.6 Å². The molecular weight excluding hydrogens is 202 g/mol. The van der Waals surface area contributed by atoms with E-state index in [1.54, 1.807) is 6.33 Å². The minimum atomic E-state index is -0.577. The topological polar surface area (TPSA) is 49.2 Å². The number of β-amino-alcohol motifs (C(OH)–C–C–N with tert-alkyl or cyclic N) is 1. The van der Waals surface area contributed by atoms with Crippen LogP contribution >= 0.6 is 0 Å². The molecule has 1 aromatic heterocycles. The van der Waals surface area contributed by atoms with E-state index in [0.29, 0.717) is 13.1 Å². The Morgan fingerprint density at radius 3 is 2.75 bits per heavy atom. The van der Waals surface area contributed by atoms with Crippen molar-refractivity contribution in [3.63, 3.8) is 0 Å². The van der Waals surface area contributed by atoms with Crippen LogP contribution < -0.4 is 4.90 Å². The van der Waals surface area contributed by atoms with Crippen molar-refractivity contribution in [2.75, 3.05) is 18.0 Å².